The smallest absolute Gasteiger partial charge is 0.326 e. The lowest BCUT2D eigenvalue weighted by Crippen LogP contribution is -2.58. The summed E-state index contributed by atoms with van der Waals surface area (Å²) in [4.78, 5) is 73.7. The summed E-state index contributed by atoms with van der Waals surface area (Å²) in [5.41, 5.74) is 17.3. The van der Waals surface area contributed by atoms with E-state index in [0.29, 0.717) is 11.1 Å². The van der Waals surface area contributed by atoms with Crippen LogP contribution in [-0.2, 0) is 41.6 Å². The van der Waals surface area contributed by atoms with E-state index in [4.69, 9.17) is 17.2 Å². The fourth-order valence-corrected chi connectivity index (χ4v) is 3.93. The van der Waals surface area contributed by atoms with Gasteiger partial charge in [-0.15, -0.1) is 0 Å². The van der Waals surface area contributed by atoms with Gasteiger partial charge in [0, 0.05) is 25.7 Å². The molecule has 0 aliphatic heterocycles. The Balaban J connectivity index is 2.25. The molecule has 0 aliphatic rings. The third-order valence-electron chi connectivity index (χ3n) is 6.26. The summed E-state index contributed by atoms with van der Waals surface area (Å²) in [7, 11) is 0. The van der Waals surface area contributed by atoms with Gasteiger partial charge in [-0.25, -0.2) is 4.79 Å². The Kier molecular flexibility index (Phi) is 12.9. The molecular weight excluding hydrogens is 548 g/mol. The molecule has 0 fully saturated rings. The van der Waals surface area contributed by atoms with Gasteiger partial charge in [-0.2, -0.15) is 0 Å². The van der Waals surface area contributed by atoms with Gasteiger partial charge >= 0.3 is 5.97 Å². The maximum Gasteiger partial charge on any atom is 0.326 e. The summed E-state index contributed by atoms with van der Waals surface area (Å²) in [6, 6.07) is 9.26. The zero-order valence-electron chi connectivity index (χ0n) is 22.8. The van der Waals surface area contributed by atoms with Crippen molar-refractivity contribution < 1.29 is 39.0 Å². The predicted octanol–water partition coefficient (Wildman–Crippen LogP) is -1.43. The highest BCUT2D eigenvalue weighted by atomic mass is 16.4. The molecule has 226 valence electrons. The minimum Gasteiger partial charge on any atom is -0.508 e. The maximum atomic E-state index is 13.4. The van der Waals surface area contributed by atoms with Crippen molar-refractivity contribution in [1.29, 1.82) is 0 Å². The van der Waals surface area contributed by atoms with E-state index in [9.17, 15) is 39.0 Å². The average molecular weight is 585 g/mol. The first-order valence-corrected chi connectivity index (χ1v) is 13.1. The molecule has 42 heavy (non-hydrogen) atoms. The van der Waals surface area contributed by atoms with E-state index in [2.05, 4.69) is 16.0 Å². The Bertz CT molecular complexity index is 1250. The number of benzene rings is 2. The zero-order chi connectivity index (χ0) is 31.2. The fourth-order valence-electron chi connectivity index (χ4n) is 3.93. The van der Waals surface area contributed by atoms with Crippen LogP contribution < -0.4 is 33.2 Å². The molecule has 2 rings (SSSR count). The molecule has 0 spiro atoms. The van der Waals surface area contributed by atoms with Crippen molar-refractivity contribution in [2.45, 2.75) is 62.7 Å². The average Bonchev–Trinajstić information content (AvgIpc) is 2.94. The zero-order valence-corrected chi connectivity index (χ0v) is 22.8. The molecule has 0 saturated heterocycles. The highest BCUT2D eigenvalue weighted by Crippen LogP contribution is 2.12. The van der Waals surface area contributed by atoms with E-state index in [1.165, 1.54) is 24.3 Å². The van der Waals surface area contributed by atoms with E-state index >= 15 is 0 Å². The second-order valence-electron chi connectivity index (χ2n) is 9.70. The Morgan fingerprint density at radius 3 is 1.69 bits per heavy atom. The molecule has 2 aromatic carbocycles. The number of hydrogen-bond acceptors (Lipinski definition) is 8. The van der Waals surface area contributed by atoms with Crippen molar-refractivity contribution >= 4 is 35.5 Å². The summed E-state index contributed by atoms with van der Waals surface area (Å²) < 4.78 is 0. The SMILES string of the molecule is NC(=O)CCC(N)C(=O)NC(CCC(N)=O)C(=O)NC(Cc1ccccc1)C(=O)NC(Cc1ccc(O)cc1)C(=O)O. The van der Waals surface area contributed by atoms with Crippen LogP contribution in [0.3, 0.4) is 0 Å². The number of aliphatic carboxylic acids is 1. The molecule has 2 aromatic rings. The molecule has 4 atom stereocenters. The number of carbonyl (C=O) groups is 6. The molecule has 4 unspecified atom stereocenters. The quantitative estimate of drug-likeness (QED) is 0.108. The van der Waals surface area contributed by atoms with Crippen LogP contribution in [0.1, 0.15) is 36.8 Å². The number of carbonyl (C=O) groups excluding carboxylic acids is 5. The van der Waals surface area contributed by atoms with Crippen molar-refractivity contribution in [2.75, 3.05) is 0 Å². The molecular formula is C28H36N6O8. The van der Waals surface area contributed by atoms with Crippen LogP contribution in [-0.4, -0.2) is 69.9 Å². The number of nitrogens with two attached hydrogens (primary N) is 3. The van der Waals surface area contributed by atoms with E-state index in [-0.39, 0.29) is 44.3 Å². The molecule has 11 N–H and O–H groups in total. The number of rotatable bonds is 17. The number of phenolic OH excluding ortho intramolecular Hbond substituents is 1. The number of nitrogens with one attached hydrogen (secondary N) is 3. The number of aromatic hydroxyl groups is 1. The summed E-state index contributed by atoms with van der Waals surface area (Å²) >= 11 is 0. The van der Waals surface area contributed by atoms with Gasteiger partial charge in [-0.1, -0.05) is 42.5 Å². The lowest BCUT2D eigenvalue weighted by Gasteiger charge is -2.25. The van der Waals surface area contributed by atoms with Crippen LogP contribution in [0, 0.1) is 0 Å². The fraction of sp³-hybridized carbons (Fsp3) is 0.357. The van der Waals surface area contributed by atoms with E-state index in [0.717, 1.165) is 0 Å². The van der Waals surface area contributed by atoms with E-state index < -0.39 is 59.7 Å². The second-order valence-corrected chi connectivity index (χ2v) is 9.70. The number of phenols is 1. The van der Waals surface area contributed by atoms with Gasteiger partial charge in [0.1, 0.15) is 23.9 Å². The van der Waals surface area contributed by atoms with Crippen molar-refractivity contribution in [3.05, 3.63) is 65.7 Å². The number of amides is 5. The Morgan fingerprint density at radius 1 is 0.643 bits per heavy atom. The van der Waals surface area contributed by atoms with Gasteiger partial charge in [-0.05, 0) is 36.1 Å². The van der Waals surface area contributed by atoms with Gasteiger partial charge in [0.05, 0.1) is 6.04 Å². The summed E-state index contributed by atoms with van der Waals surface area (Å²) in [5.74, 6) is -5.17. The van der Waals surface area contributed by atoms with E-state index in [1.54, 1.807) is 30.3 Å². The lowest BCUT2D eigenvalue weighted by molar-refractivity contribution is -0.142. The second kappa shape index (κ2) is 16.3. The van der Waals surface area contributed by atoms with Crippen LogP contribution in [0.5, 0.6) is 5.75 Å². The first kappa shape index (κ1) is 33.2. The predicted molar refractivity (Wildman–Crippen MR) is 150 cm³/mol. The minimum atomic E-state index is -1.37. The summed E-state index contributed by atoms with van der Waals surface area (Å²) in [6.07, 6.45) is -0.874. The number of carboxylic acid groups (broad SMARTS) is 1. The Morgan fingerprint density at radius 2 is 1.12 bits per heavy atom. The van der Waals surface area contributed by atoms with Crippen LogP contribution in [0.15, 0.2) is 54.6 Å². The van der Waals surface area contributed by atoms with Gasteiger partial charge in [0.15, 0.2) is 0 Å². The molecule has 0 aliphatic carbocycles. The largest absolute Gasteiger partial charge is 0.508 e. The van der Waals surface area contributed by atoms with Crippen LogP contribution in [0.25, 0.3) is 0 Å². The van der Waals surface area contributed by atoms with Crippen molar-refractivity contribution in [3.8, 4) is 5.75 Å². The Hall–Kier alpha value is -4.98. The molecule has 0 aromatic heterocycles. The van der Waals surface area contributed by atoms with Crippen LogP contribution in [0.4, 0.5) is 0 Å². The molecule has 0 saturated carbocycles. The topological polar surface area (TPSA) is 257 Å². The van der Waals surface area contributed by atoms with Crippen molar-refractivity contribution in [1.82, 2.24) is 16.0 Å². The molecule has 5 amide bonds. The van der Waals surface area contributed by atoms with Gasteiger partial charge in [-0.3, -0.25) is 24.0 Å². The van der Waals surface area contributed by atoms with Crippen molar-refractivity contribution in [3.63, 3.8) is 0 Å². The highest BCUT2D eigenvalue weighted by Gasteiger charge is 2.31. The summed E-state index contributed by atoms with van der Waals surface area (Å²) in [6.45, 7) is 0. The molecule has 14 nitrogen and oxygen atoms in total. The lowest BCUT2D eigenvalue weighted by atomic mass is 10.0. The highest BCUT2D eigenvalue weighted by molar-refractivity contribution is 5.94. The first-order valence-electron chi connectivity index (χ1n) is 13.1. The normalized spacial score (nSPS) is 13.5. The van der Waals surface area contributed by atoms with Gasteiger partial charge in [0.25, 0.3) is 0 Å². The minimum absolute atomic E-state index is 0.00731. The van der Waals surface area contributed by atoms with Crippen LogP contribution in [0.2, 0.25) is 0 Å². The summed E-state index contributed by atoms with van der Waals surface area (Å²) in [5, 5.41) is 26.6. The molecule has 0 heterocycles. The van der Waals surface area contributed by atoms with Gasteiger partial charge < -0.3 is 43.4 Å². The first-order chi connectivity index (χ1) is 19.8. The van der Waals surface area contributed by atoms with E-state index in [1.807, 2.05) is 0 Å². The Labute approximate surface area is 242 Å². The number of primary amides is 2. The van der Waals surface area contributed by atoms with Gasteiger partial charge in [0.2, 0.25) is 29.5 Å². The number of hydrogen-bond donors (Lipinski definition) is 8. The van der Waals surface area contributed by atoms with Crippen LogP contribution >= 0.6 is 0 Å². The molecule has 0 bridgehead atoms. The third kappa shape index (κ3) is 11.6. The maximum absolute atomic E-state index is 13.4. The molecule has 14 heteroatoms. The van der Waals surface area contributed by atoms with Crippen molar-refractivity contribution in [2.24, 2.45) is 17.2 Å². The standard InChI is InChI=1S/C28H36N6O8/c29-19(10-12-23(30)36)25(38)32-20(11-13-24(31)37)26(39)33-21(14-16-4-2-1-3-5-16)27(40)34-22(28(41)42)15-17-6-8-18(35)9-7-17/h1-9,19-22,35H,10-15,29H2,(H2,30,36)(H2,31,37)(H,32,38)(H,33,39)(H,34,40)(H,41,42). The molecule has 0 radical (unpaired) electrons. The monoisotopic (exact) mass is 584 g/mol. The third-order valence-corrected chi connectivity index (χ3v) is 6.26. The number of carboxylic acids is 1.